The summed E-state index contributed by atoms with van der Waals surface area (Å²) < 4.78 is 33.4. The van der Waals surface area contributed by atoms with Gasteiger partial charge >= 0.3 is 0 Å². The van der Waals surface area contributed by atoms with Crippen LogP contribution in [-0.2, 0) is 20.8 Å². The van der Waals surface area contributed by atoms with Crippen LogP contribution < -0.4 is 9.42 Å². The molecule has 0 spiro atoms. The SMILES string of the molecule is COc1cnc(-c2cc[n+](CCCS(=O)(=O)OC)nc2)cn1. The lowest BCUT2D eigenvalue weighted by Gasteiger charge is -2.01. The minimum Gasteiger partial charge on any atom is -0.480 e. The molecule has 0 aliphatic rings. The Morgan fingerprint density at radius 3 is 2.55 bits per heavy atom. The first-order valence-corrected chi connectivity index (χ1v) is 8.12. The molecule has 0 fully saturated rings. The minimum atomic E-state index is -3.42. The molecule has 2 aromatic heterocycles. The fourth-order valence-electron chi connectivity index (χ4n) is 1.73. The molecule has 2 aromatic rings. The lowest BCUT2D eigenvalue weighted by molar-refractivity contribution is -0.753. The fourth-order valence-corrected chi connectivity index (χ4v) is 2.37. The van der Waals surface area contributed by atoms with E-state index < -0.39 is 10.1 Å². The van der Waals surface area contributed by atoms with Crippen molar-refractivity contribution in [2.45, 2.75) is 13.0 Å². The number of ether oxygens (including phenoxy) is 1. The summed E-state index contributed by atoms with van der Waals surface area (Å²) in [5.41, 5.74) is 1.50. The molecule has 0 saturated heterocycles. The van der Waals surface area contributed by atoms with Gasteiger partial charge in [-0.3, -0.25) is 4.18 Å². The van der Waals surface area contributed by atoms with E-state index >= 15 is 0 Å². The van der Waals surface area contributed by atoms with E-state index in [1.807, 2.05) is 6.07 Å². The van der Waals surface area contributed by atoms with Crippen molar-refractivity contribution >= 4 is 10.1 Å². The number of aryl methyl sites for hydroxylation is 1. The standard InChI is InChI=1S/C13H17N4O4S/c1-20-13-10-14-12(9-15-13)11-4-6-17(16-8-11)5-3-7-22(18,19)21-2/h4,6,8-10H,3,5,7H2,1-2H3/q+1. The van der Waals surface area contributed by atoms with Crippen molar-refractivity contribution in [3.63, 3.8) is 0 Å². The molecule has 0 unspecified atom stereocenters. The molecule has 9 heteroatoms. The highest BCUT2D eigenvalue weighted by Crippen LogP contribution is 2.14. The van der Waals surface area contributed by atoms with E-state index in [9.17, 15) is 8.42 Å². The molecule has 2 rings (SSSR count). The Balaban J connectivity index is 1.97. The summed E-state index contributed by atoms with van der Waals surface area (Å²) in [6.07, 6.45) is 6.98. The van der Waals surface area contributed by atoms with Gasteiger partial charge in [-0.25, -0.2) is 9.97 Å². The third-order valence-corrected chi connectivity index (χ3v) is 4.24. The summed E-state index contributed by atoms with van der Waals surface area (Å²) in [4.78, 5) is 8.30. The molecule has 8 nitrogen and oxygen atoms in total. The minimum absolute atomic E-state index is 0.0378. The van der Waals surface area contributed by atoms with Gasteiger partial charge in [0.05, 0.1) is 38.1 Å². The Labute approximate surface area is 128 Å². The van der Waals surface area contributed by atoms with Gasteiger partial charge in [0.1, 0.15) is 6.20 Å². The second kappa shape index (κ2) is 7.23. The Bertz CT molecular complexity index is 702. The van der Waals surface area contributed by atoms with Gasteiger partial charge in [0.15, 0.2) is 12.7 Å². The Hall–Kier alpha value is -2.13. The van der Waals surface area contributed by atoms with Crippen LogP contribution in [0.25, 0.3) is 11.3 Å². The van der Waals surface area contributed by atoms with Crippen molar-refractivity contribution in [2.24, 2.45) is 0 Å². The summed E-state index contributed by atoms with van der Waals surface area (Å²) in [7, 11) is -0.732. The van der Waals surface area contributed by atoms with Crippen molar-refractivity contribution in [3.05, 3.63) is 30.9 Å². The van der Waals surface area contributed by atoms with Crippen molar-refractivity contribution in [1.29, 1.82) is 0 Å². The zero-order valence-electron chi connectivity index (χ0n) is 12.3. The third-order valence-electron chi connectivity index (χ3n) is 2.94. The quantitative estimate of drug-likeness (QED) is 0.530. The lowest BCUT2D eigenvalue weighted by Crippen LogP contribution is -2.38. The largest absolute Gasteiger partial charge is 0.480 e. The van der Waals surface area contributed by atoms with Crippen LogP contribution in [0.4, 0.5) is 0 Å². The topological polar surface area (TPSA) is 95.2 Å². The summed E-state index contributed by atoms with van der Waals surface area (Å²) in [5.74, 6) is 0.409. The monoisotopic (exact) mass is 325 g/mol. The van der Waals surface area contributed by atoms with Gasteiger partial charge in [0.25, 0.3) is 10.1 Å². The van der Waals surface area contributed by atoms with E-state index in [1.165, 1.54) is 13.3 Å². The van der Waals surface area contributed by atoms with Gasteiger partial charge < -0.3 is 4.74 Å². The van der Waals surface area contributed by atoms with Crippen LogP contribution in [0.1, 0.15) is 6.42 Å². The molecule has 0 aliphatic heterocycles. The lowest BCUT2D eigenvalue weighted by atomic mass is 10.2. The Kier molecular flexibility index (Phi) is 5.34. The molecule has 0 amide bonds. The van der Waals surface area contributed by atoms with E-state index in [1.54, 1.807) is 23.3 Å². The molecule has 22 heavy (non-hydrogen) atoms. The maximum Gasteiger partial charge on any atom is 0.267 e. The maximum atomic E-state index is 11.2. The molecule has 118 valence electrons. The van der Waals surface area contributed by atoms with Gasteiger partial charge in [-0.1, -0.05) is 4.68 Å². The molecule has 0 aliphatic carbocycles. The number of hydrogen-bond donors (Lipinski definition) is 0. The summed E-state index contributed by atoms with van der Waals surface area (Å²) in [5, 5.41) is 4.23. The van der Waals surface area contributed by atoms with Crippen LogP contribution in [-0.4, -0.2) is 43.5 Å². The number of rotatable bonds is 7. The van der Waals surface area contributed by atoms with Crippen molar-refractivity contribution in [1.82, 2.24) is 15.1 Å². The zero-order chi connectivity index (χ0) is 16.0. The van der Waals surface area contributed by atoms with Crippen LogP contribution in [0, 0.1) is 0 Å². The van der Waals surface area contributed by atoms with Gasteiger partial charge in [-0.2, -0.15) is 8.42 Å². The van der Waals surface area contributed by atoms with Crippen molar-refractivity contribution in [3.8, 4) is 17.1 Å². The fraction of sp³-hybridized carbons (Fsp3) is 0.385. The number of hydrogen-bond acceptors (Lipinski definition) is 7. The van der Waals surface area contributed by atoms with Crippen LogP contribution in [0.2, 0.25) is 0 Å². The van der Waals surface area contributed by atoms with E-state index in [0.29, 0.717) is 24.5 Å². The molecular formula is C13H17N4O4S+. The molecule has 0 radical (unpaired) electrons. The zero-order valence-corrected chi connectivity index (χ0v) is 13.2. The van der Waals surface area contributed by atoms with Gasteiger partial charge in [-0.15, -0.1) is 0 Å². The smallest absolute Gasteiger partial charge is 0.267 e. The average molecular weight is 325 g/mol. The summed E-state index contributed by atoms with van der Waals surface area (Å²) in [6, 6.07) is 1.84. The second-order valence-corrected chi connectivity index (χ2v) is 6.26. The molecule has 0 N–H and O–H groups in total. The van der Waals surface area contributed by atoms with Gasteiger partial charge in [0.2, 0.25) is 5.88 Å². The van der Waals surface area contributed by atoms with E-state index in [-0.39, 0.29) is 5.75 Å². The summed E-state index contributed by atoms with van der Waals surface area (Å²) in [6.45, 7) is 0.483. The number of nitrogens with zero attached hydrogens (tertiary/aromatic N) is 4. The van der Waals surface area contributed by atoms with Gasteiger partial charge in [-0.05, 0) is 5.10 Å². The molecule has 0 bridgehead atoms. The predicted molar refractivity (Wildman–Crippen MR) is 77.4 cm³/mol. The highest BCUT2D eigenvalue weighted by atomic mass is 32.2. The van der Waals surface area contributed by atoms with Crippen LogP contribution in [0.5, 0.6) is 5.88 Å². The highest BCUT2D eigenvalue weighted by molar-refractivity contribution is 7.86. The Morgan fingerprint density at radius 2 is 2.00 bits per heavy atom. The van der Waals surface area contributed by atoms with E-state index in [2.05, 4.69) is 19.2 Å². The van der Waals surface area contributed by atoms with Crippen LogP contribution >= 0.6 is 0 Å². The van der Waals surface area contributed by atoms with Crippen LogP contribution in [0.3, 0.4) is 0 Å². The van der Waals surface area contributed by atoms with Crippen LogP contribution in [0.15, 0.2) is 30.9 Å². The second-order valence-electron chi connectivity index (χ2n) is 4.40. The van der Waals surface area contributed by atoms with E-state index in [0.717, 1.165) is 12.7 Å². The third kappa shape index (κ3) is 4.43. The maximum absolute atomic E-state index is 11.2. The molecule has 0 aromatic carbocycles. The van der Waals surface area contributed by atoms with Crippen molar-refractivity contribution in [2.75, 3.05) is 20.0 Å². The first-order chi connectivity index (χ1) is 10.5. The van der Waals surface area contributed by atoms with E-state index in [4.69, 9.17) is 4.74 Å². The summed E-state index contributed by atoms with van der Waals surface area (Å²) >= 11 is 0. The number of methoxy groups -OCH3 is 1. The molecule has 2 heterocycles. The first-order valence-electron chi connectivity index (χ1n) is 6.54. The molecule has 0 atom stereocenters. The molecular weight excluding hydrogens is 308 g/mol. The predicted octanol–water partition coefficient (Wildman–Crippen LogP) is 0.201. The molecule has 0 saturated carbocycles. The normalized spacial score (nSPS) is 11.4. The number of aromatic nitrogens is 4. The average Bonchev–Trinajstić information content (AvgIpc) is 2.55. The Morgan fingerprint density at radius 1 is 1.18 bits per heavy atom. The van der Waals surface area contributed by atoms with Gasteiger partial charge in [0, 0.05) is 18.1 Å². The van der Waals surface area contributed by atoms with Crippen molar-refractivity contribution < 1.29 is 22.0 Å². The first kappa shape index (κ1) is 16.2. The highest BCUT2D eigenvalue weighted by Gasteiger charge is 2.11.